The second-order valence-corrected chi connectivity index (χ2v) is 6.77. The van der Waals surface area contributed by atoms with Crippen LogP contribution < -0.4 is 5.32 Å². The number of nitrogens with zero attached hydrogens (tertiary/aromatic N) is 1. The first-order chi connectivity index (χ1) is 13.0. The van der Waals surface area contributed by atoms with Gasteiger partial charge in [0.05, 0.1) is 5.56 Å². The highest BCUT2D eigenvalue weighted by Gasteiger charge is 2.23. The number of nitrogens with one attached hydrogen (secondary N) is 1. The Balaban J connectivity index is 1.42. The van der Waals surface area contributed by atoms with E-state index in [1.807, 2.05) is 0 Å². The quantitative estimate of drug-likeness (QED) is 0.871. The van der Waals surface area contributed by atoms with Gasteiger partial charge in [-0.3, -0.25) is 9.59 Å². The predicted molar refractivity (Wildman–Crippen MR) is 98.4 cm³/mol. The van der Waals surface area contributed by atoms with Gasteiger partial charge in [-0.05, 0) is 61.6 Å². The summed E-state index contributed by atoms with van der Waals surface area (Å²) in [5.74, 6) is -0.966. The minimum absolute atomic E-state index is 0.0530. The summed E-state index contributed by atoms with van der Waals surface area (Å²) >= 11 is 0. The number of hydrogen-bond donors (Lipinski definition) is 1. The molecular weight excluding hydrogens is 350 g/mol. The van der Waals surface area contributed by atoms with Crippen LogP contribution in [0.3, 0.4) is 0 Å². The molecule has 0 saturated carbocycles. The van der Waals surface area contributed by atoms with E-state index in [1.54, 1.807) is 17.0 Å². The topological polar surface area (TPSA) is 49.4 Å². The third-order valence-corrected chi connectivity index (χ3v) is 4.95. The molecule has 3 rings (SSSR count). The van der Waals surface area contributed by atoms with Crippen LogP contribution in [-0.2, 0) is 0 Å². The minimum Gasteiger partial charge on any atom is -0.352 e. The van der Waals surface area contributed by atoms with E-state index in [0.29, 0.717) is 31.1 Å². The molecule has 0 atom stereocenters. The summed E-state index contributed by atoms with van der Waals surface area (Å²) < 4.78 is 26.6. The van der Waals surface area contributed by atoms with E-state index in [-0.39, 0.29) is 17.3 Å². The minimum atomic E-state index is -0.525. The van der Waals surface area contributed by atoms with Gasteiger partial charge in [0.15, 0.2) is 0 Å². The second-order valence-electron chi connectivity index (χ2n) is 6.77. The van der Waals surface area contributed by atoms with Gasteiger partial charge in [-0.1, -0.05) is 12.1 Å². The number of amides is 2. The van der Waals surface area contributed by atoms with Gasteiger partial charge in [0, 0.05) is 25.2 Å². The van der Waals surface area contributed by atoms with Crippen LogP contribution in [0.25, 0.3) is 0 Å². The van der Waals surface area contributed by atoms with Crippen molar-refractivity contribution in [3.63, 3.8) is 0 Å². The van der Waals surface area contributed by atoms with Crippen molar-refractivity contribution < 1.29 is 18.4 Å². The van der Waals surface area contributed by atoms with E-state index < -0.39 is 11.7 Å². The molecule has 0 bridgehead atoms. The zero-order valence-electron chi connectivity index (χ0n) is 15.0. The van der Waals surface area contributed by atoms with Crippen molar-refractivity contribution in [2.75, 3.05) is 19.6 Å². The molecule has 2 aromatic carbocycles. The number of carbonyl (C=O) groups is 2. The average Bonchev–Trinajstić information content (AvgIpc) is 2.69. The van der Waals surface area contributed by atoms with E-state index in [4.69, 9.17) is 0 Å². The molecule has 6 heteroatoms. The third kappa shape index (κ3) is 4.90. The number of rotatable bonds is 5. The van der Waals surface area contributed by atoms with Crippen molar-refractivity contribution in [2.45, 2.75) is 19.3 Å². The van der Waals surface area contributed by atoms with Gasteiger partial charge < -0.3 is 10.2 Å². The summed E-state index contributed by atoms with van der Waals surface area (Å²) in [6, 6.07) is 11.5. The van der Waals surface area contributed by atoms with E-state index in [9.17, 15) is 18.4 Å². The van der Waals surface area contributed by atoms with Crippen LogP contribution in [0.15, 0.2) is 48.5 Å². The standard InChI is InChI=1S/C21H22F2N2O2/c22-17-7-5-16(6-8-17)21(27)25-13-10-15(11-14-25)9-12-24-20(26)18-3-1-2-4-19(18)23/h1-8,15H,9-14H2,(H,24,26). The molecule has 0 spiro atoms. The highest BCUT2D eigenvalue weighted by atomic mass is 19.1. The molecule has 1 aliphatic rings. The lowest BCUT2D eigenvalue weighted by Gasteiger charge is -2.32. The molecule has 1 saturated heterocycles. The Bertz CT molecular complexity index is 800. The monoisotopic (exact) mass is 372 g/mol. The smallest absolute Gasteiger partial charge is 0.254 e. The molecular formula is C21H22F2N2O2. The fourth-order valence-electron chi connectivity index (χ4n) is 3.33. The summed E-state index contributed by atoms with van der Waals surface area (Å²) in [4.78, 5) is 26.2. The van der Waals surface area contributed by atoms with Crippen LogP contribution in [0.2, 0.25) is 0 Å². The SMILES string of the molecule is O=C(NCCC1CCN(C(=O)c2ccc(F)cc2)CC1)c1ccccc1F. The van der Waals surface area contributed by atoms with Crippen molar-refractivity contribution in [2.24, 2.45) is 5.92 Å². The molecule has 142 valence electrons. The van der Waals surface area contributed by atoms with Crippen LogP contribution >= 0.6 is 0 Å². The third-order valence-electron chi connectivity index (χ3n) is 4.95. The fraction of sp³-hybridized carbons (Fsp3) is 0.333. The Labute approximate surface area is 157 Å². The number of piperidine rings is 1. The Hall–Kier alpha value is -2.76. The zero-order valence-corrected chi connectivity index (χ0v) is 15.0. The lowest BCUT2D eigenvalue weighted by atomic mass is 9.93. The zero-order chi connectivity index (χ0) is 19.2. The van der Waals surface area contributed by atoms with Crippen LogP contribution in [0, 0.1) is 17.6 Å². The molecule has 1 heterocycles. The molecule has 1 aliphatic heterocycles. The molecule has 2 amide bonds. The highest BCUT2D eigenvalue weighted by Crippen LogP contribution is 2.21. The lowest BCUT2D eigenvalue weighted by molar-refractivity contribution is 0.0687. The summed E-state index contributed by atoms with van der Waals surface area (Å²) in [5.41, 5.74) is 0.546. The first kappa shape index (κ1) is 19.0. The Morgan fingerprint density at radius 3 is 2.33 bits per heavy atom. The van der Waals surface area contributed by atoms with Crippen molar-refractivity contribution in [3.05, 3.63) is 71.3 Å². The van der Waals surface area contributed by atoms with Crippen LogP contribution in [-0.4, -0.2) is 36.3 Å². The molecule has 0 aromatic heterocycles. The van der Waals surface area contributed by atoms with Gasteiger partial charge in [-0.25, -0.2) is 8.78 Å². The molecule has 1 fully saturated rings. The molecule has 0 unspecified atom stereocenters. The van der Waals surface area contributed by atoms with Crippen molar-refractivity contribution >= 4 is 11.8 Å². The summed E-state index contributed by atoms with van der Waals surface area (Å²) in [7, 11) is 0. The van der Waals surface area contributed by atoms with E-state index in [2.05, 4.69) is 5.32 Å². The number of halogens is 2. The molecule has 4 nitrogen and oxygen atoms in total. The Morgan fingerprint density at radius 1 is 1.00 bits per heavy atom. The predicted octanol–water partition coefficient (Wildman–Crippen LogP) is 3.64. The van der Waals surface area contributed by atoms with Gasteiger partial charge in [0.2, 0.25) is 0 Å². The largest absolute Gasteiger partial charge is 0.352 e. The summed E-state index contributed by atoms with van der Waals surface area (Å²) in [5, 5.41) is 2.76. The first-order valence-electron chi connectivity index (χ1n) is 9.12. The molecule has 0 aliphatic carbocycles. The van der Waals surface area contributed by atoms with E-state index >= 15 is 0 Å². The number of carbonyl (C=O) groups excluding carboxylic acids is 2. The molecule has 27 heavy (non-hydrogen) atoms. The van der Waals surface area contributed by atoms with Crippen LogP contribution in [0.1, 0.15) is 40.0 Å². The Morgan fingerprint density at radius 2 is 1.67 bits per heavy atom. The molecule has 2 aromatic rings. The van der Waals surface area contributed by atoms with Crippen LogP contribution in [0.4, 0.5) is 8.78 Å². The van der Waals surface area contributed by atoms with Gasteiger partial charge in [-0.15, -0.1) is 0 Å². The average molecular weight is 372 g/mol. The van der Waals surface area contributed by atoms with E-state index in [0.717, 1.165) is 19.3 Å². The first-order valence-corrected chi connectivity index (χ1v) is 9.12. The fourth-order valence-corrected chi connectivity index (χ4v) is 3.33. The normalized spacial score (nSPS) is 14.8. The maximum Gasteiger partial charge on any atom is 0.254 e. The summed E-state index contributed by atoms with van der Waals surface area (Å²) in [6.07, 6.45) is 2.49. The van der Waals surface area contributed by atoms with Gasteiger partial charge in [-0.2, -0.15) is 0 Å². The van der Waals surface area contributed by atoms with E-state index in [1.165, 1.54) is 36.4 Å². The van der Waals surface area contributed by atoms with Crippen molar-refractivity contribution in [3.8, 4) is 0 Å². The lowest BCUT2D eigenvalue weighted by Crippen LogP contribution is -2.39. The van der Waals surface area contributed by atoms with Gasteiger partial charge in [0.1, 0.15) is 11.6 Å². The number of hydrogen-bond acceptors (Lipinski definition) is 2. The van der Waals surface area contributed by atoms with Gasteiger partial charge in [0.25, 0.3) is 11.8 Å². The number of likely N-dealkylation sites (tertiary alicyclic amines) is 1. The Kier molecular flexibility index (Phi) is 6.16. The maximum atomic E-state index is 13.6. The van der Waals surface area contributed by atoms with Crippen molar-refractivity contribution in [1.82, 2.24) is 10.2 Å². The second kappa shape index (κ2) is 8.75. The molecule has 0 radical (unpaired) electrons. The highest BCUT2D eigenvalue weighted by molar-refractivity contribution is 5.94. The molecule has 1 N–H and O–H groups in total. The summed E-state index contributed by atoms with van der Waals surface area (Å²) in [6.45, 7) is 1.76. The van der Waals surface area contributed by atoms with Gasteiger partial charge >= 0.3 is 0 Å². The maximum absolute atomic E-state index is 13.6. The number of benzene rings is 2. The van der Waals surface area contributed by atoms with Crippen LogP contribution in [0.5, 0.6) is 0 Å². The van der Waals surface area contributed by atoms with Crippen molar-refractivity contribution in [1.29, 1.82) is 0 Å².